The number of carbonyl (C=O) groups is 1. The van der Waals surface area contributed by atoms with Crippen molar-refractivity contribution in [2.75, 3.05) is 26.8 Å². The number of carbonyl (C=O) groups excluding carboxylic acids is 1. The highest BCUT2D eigenvalue weighted by Gasteiger charge is 2.41. The first kappa shape index (κ1) is 13.3. The van der Waals surface area contributed by atoms with Crippen molar-refractivity contribution in [2.24, 2.45) is 5.92 Å². The average molecular weight is 228 g/mol. The van der Waals surface area contributed by atoms with Crippen molar-refractivity contribution in [3.63, 3.8) is 0 Å². The third-order valence-corrected chi connectivity index (χ3v) is 3.75. The molecule has 0 unspecified atom stereocenters. The van der Waals surface area contributed by atoms with Crippen molar-refractivity contribution >= 4 is 6.03 Å². The SMILES string of the molecule is COCCNC(=O)N1CCC[C@@]1(C)C(C)C. The lowest BCUT2D eigenvalue weighted by Crippen LogP contribution is -2.52. The van der Waals surface area contributed by atoms with Crippen molar-refractivity contribution in [3.8, 4) is 0 Å². The molecule has 4 nitrogen and oxygen atoms in total. The van der Waals surface area contributed by atoms with Crippen molar-refractivity contribution in [1.82, 2.24) is 10.2 Å². The van der Waals surface area contributed by atoms with Crippen LogP contribution in [0.25, 0.3) is 0 Å². The summed E-state index contributed by atoms with van der Waals surface area (Å²) in [6, 6.07) is 0.0470. The summed E-state index contributed by atoms with van der Waals surface area (Å²) in [6.45, 7) is 8.56. The van der Waals surface area contributed by atoms with Crippen LogP contribution in [-0.4, -0.2) is 43.3 Å². The van der Waals surface area contributed by atoms with Gasteiger partial charge in [0.1, 0.15) is 0 Å². The number of hydrogen-bond acceptors (Lipinski definition) is 2. The lowest BCUT2D eigenvalue weighted by atomic mass is 9.86. The summed E-state index contributed by atoms with van der Waals surface area (Å²) in [5.74, 6) is 0.489. The van der Waals surface area contributed by atoms with E-state index in [0.717, 1.165) is 19.4 Å². The molecule has 0 spiro atoms. The molecule has 94 valence electrons. The van der Waals surface area contributed by atoms with Crippen LogP contribution < -0.4 is 5.32 Å². The van der Waals surface area contributed by atoms with Gasteiger partial charge in [0.25, 0.3) is 0 Å². The van der Waals surface area contributed by atoms with Crippen molar-refractivity contribution in [2.45, 2.75) is 39.2 Å². The summed E-state index contributed by atoms with van der Waals surface area (Å²) in [5.41, 5.74) is 0.0111. The molecule has 1 N–H and O–H groups in total. The molecule has 16 heavy (non-hydrogen) atoms. The second-order valence-electron chi connectivity index (χ2n) is 4.99. The molecule has 0 aromatic carbocycles. The molecule has 1 fully saturated rings. The Morgan fingerprint density at radius 1 is 1.56 bits per heavy atom. The van der Waals surface area contributed by atoms with Gasteiger partial charge in [-0.2, -0.15) is 0 Å². The van der Waals surface area contributed by atoms with Crippen LogP contribution in [0.4, 0.5) is 4.79 Å². The Labute approximate surface area is 98.3 Å². The van der Waals surface area contributed by atoms with E-state index in [1.807, 2.05) is 4.90 Å². The van der Waals surface area contributed by atoms with E-state index in [-0.39, 0.29) is 11.6 Å². The van der Waals surface area contributed by atoms with E-state index in [2.05, 4.69) is 26.1 Å². The molecular weight excluding hydrogens is 204 g/mol. The fourth-order valence-corrected chi connectivity index (χ4v) is 2.27. The first-order chi connectivity index (χ1) is 7.52. The number of nitrogens with zero attached hydrogens (tertiary/aromatic N) is 1. The second kappa shape index (κ2) is 5.53. The Bertz CT molecular complexity index is 243. The van der Waals surface area contributed by atoms with E-state index in [0.29, 0.717) is 19.1 Å². The van der Waals surface area contributed by atoms with Gasteiger partial charge in [0.2, 0.25) is 0 Å². The zero-order valence-electron chi connectivity index (χ0n) is 10.9. The minimum Gasteiger partial charge on any atom is -0.383 e. The molecule has 0 aromatic heterocycles. The first-order valence-electron chi connectivity index (χ1n) is 6.06. The predicted octanol–water partition coefficient (Wildman–Crippen LogP) is 1.85. The van der Waals surface area contributed by atoms with Crippen LogP contribution in [0.1, 0.15) is 33.6 Å². The topological polar surface area (TPSA) is 41.6 Å². The highest BCUT2D eigenvalue weighted by atomic mass is 16.5. The molecule has 1 atom stereocenters. The van der Waals surface area contributed by atoms with Crippen LogP contribution in [0.2, 0.25) is 0 Å². The molecule has 0 bridgehead atoms. The van der Waals surface area contributed by atoms with Crippen molar-refractivity contribution in [1.29, 1.82) is 0 Å². The van der Waals surface area contributed by atoms with Crippen LogP contribution in [0.15, 0.2) is 0 Å². The summed E-state index contributed by atoms with van der Waals surface area (Å²) in [5, 5.41) is 2.90. The minimum absolute atomic E-state index is 0.0111. The molecule has 0 aromatic rings. The summed E-state index contributed by atoms with van der Waals surface area (Å²) in [4.78, 5) is 14.0. The van der Waals surface area contributed by atoms with E-state index in [1.165, 1.54) is 0 Å². The minimum atomic E-state index is 0.0111. The monoisotopic (exact) mass is 228 g/mol. The number of amides is 2. The molecule has 1 heterocycles. The Hall–Kier alpha value is -0.770. The largest absolute Gasteiger partial charge is 0.383 e. The highest BCUT2D eigenvalue weighted by Crippen LogP contribution is 2.35. The molecule has 0 radical (unpaired) electrons. The van der Waals surface area contributed by atoms with Gasteiger partial charge in [-0.3, -0.25) is 0 Å². The molecule has 0 aliphatic carbocycles. The van der Waals surface area contributed by atoms with Crippen LogP contribution in [0.5, 0.6) is 0 Å². The van der Waals surface area contributed by atoms with Gasteiger partial charge in [0.05, 0.1) is 6.61 Å². The van der Waals surface area contributed by atoms with E-state index in [4.69, 9.17) is 4.74 Å². The van der Waals surface area contributed by atoms with Gasteiger partial charge in [-0.15, -0.1) is 0 Å². The maximum atomic E-state index is 12.0. The zero-order chi connectivity index (χ0) is 12.2. The molecule has 1 rings (SSSR count). The molecular formula is C12H24N2O2. The Morgan fingerprint density at radius 2 is 2.25 bits per heavy atom. The smallest absolute Gasteiger partial charge is 0.317 e. The Kier molecular flexibility index (Phi) is 4.59. The zero-order valence-corrected chi connectivity index (χ0v) is 10.9. The molecule has 0 saturated carbocycles. The van der Waals surface area contributed by atoms with Gasteiger partial charge in [-0.1, -0.05) is 13.8 Å². The van der Waals surface area contributed by atoms with Crippen molar-refractivity contribution in [3.05, 3.63) is 0 Å². The van der Waals surface area contributed by atoms with E-state index >= 15 is 0 Å². The first-order valence-corrected chi connectivity index (χ1v) is 6.06. The summed E-state index contributed by atoms with van der Waals surface area (Å²) in [6.07, 6.45) is 2.20. The lowest BCUT2D eigenvalue weighted by molar-refractivity contribution is 0.120. The predicted molar refractivity (Wildman–Crippen MR) is 64.5 cm³/mol. The summed E-state index contributed by atoms with van der Waals surface area (Å²) in [7, 11) is 1.64. The van der Waals surface area contributed by atoms with Crippen LogP contribution >= 0.6 is 0 Å². The van der Waals surface area contributed by atoms with Gasteiger partial charge in [0, 0.05) is 25.7 Å². The highest BCUT2D eigenvalue weighted by molar-refractivity contribution is 5.75. The maximum absolute atomic E-state index is 12.0. The number of rotatable bonds is 4. The molecule has 1 aliphatic rings. The molecule has 4 heteroatoms. The van der Waals surface area contributed by atoms with E-state index in [1.54, 1.807) is 7.11 Å². The number of methoxy groups -OCH3 is 1. The van der Waals surface area contributed by atoms with Gasteiger partial charge in [-0.05, 0) is 25.7 Å². The third kappa shape index (κ3) is 2.67. The molecule has 1 aliphatic heterocycles. The van der Waals surface area contributed by atoms with Crippen molar-refractivity contribution < 1.29 is 9.53 Å². The van der Waals surface area contributed by atoms with Gasteiger partial charge < -0.3 is 15.0 Å². The van der Waals surface area contributed by atoms with Crippen LogP contribution in [0, 0.1) is 5.92 Å². The summed E-state index contributed by atoms with van der Waals surface area (Å²) >= 11 is 0. The van der Waals surface area contributed by atoms with Gasteiger partial charge in [0.15, 0.2) is 0 Å². The van der Waals surface area contributed by atoms with Gasteiger partial charge in [-0.25, -0.2) is 4.79 Å². The number of likely N-dealkylation sites (tertiary alicyclic amines) is 1. The average Bonchev–Trinajstić information content (AvgIpc) is 2.62. The standard InChI is InChI=1S/C12H24N2O2/c1-10(2)12(3)6-5-8-14(12)11(15)13-7-9-16-4/h10H,5-9H2,1-4H3,(H,13,15)/t12-/m0/s1. The molecule has 1 saturated heterocycles. The number of urea groups is 1. The quantitative estimate of drug-likeness (QED) is 0.746. The van der Waals surface area contributed by atoms with Crippen LogP contribution in [0.3, 0.4) is 0 Å². The Morgan fingerprint density at radius 3 is 2.81 bits per heavy atom. The molecule has 2 amide bonds. The maximum Gasteiger partial charge on any atom is 0.317 e. The van der Waals surface area contributed by atoms with E-state index < -0.39 is 0 Å². The Balaban J connectivity index is 2.54. The van der Waals surface area contributed by atoms with Gasteiger partial charge >= 0.3 is 6.03 Å². The lowest BCUT2D eigenvalue weighted by Gasteiger charge is -2.38. The fourth-order valence-electron chi connectivity index (χ4n) is 2.27. The number of hydrogen-bond donors (Lipinski definition) is 1. The fraction of sp³-hybridized carbons (Fsp3) is 0.917. The number of nitrogens with one attached hydrogen (secondary N) is 1. The third-order valence-electron chi connectivity index (χ3n) is 3.75. The van der Waals surface area contributed by atoms with Crippen LogP contribution in [-0.2, 0) is 4.74 Å². The normalized spacial score (nSPS) is 25.2. The number of ether oxygens (including phenoxy) is 1. The summed E-state index contributed by atoms with van der Waals surface area (Å²) < 4.78 is 4.92. The van der Waals surface area contributed by atoms with E-state index in [9.17, 15) is 4.79 Å². The second-order valence-corrected chi connectivity index (χ2v) is 4.99.